The number of halogens is 2. The SMILES string of the molecule is OCc1cnc(-c2cccc(F)c2)c(F)c1. The lowest BCUT2D eigenvalue weighted by atomic mass is 10.1. The standard InChI is InChI=1S/C12H9F2NO/c13-10-3-1-2-9(5-10)12-11(14)4-8(7-16)6-15-12/h1-6,16H,7H2. The highest BCUT2D eigenvalue weighted by Gasteiger charge is 2.08. The molecule has 1 N–H and O–H groups in total. The fourth-order valence-electron chi connectivity index (χ4n) is 1.41. The molecule has 0 spiro atoms. The Morgan fingerprint density at radius 3 is 2.62 bits per heavy atom. The van der Waals surface area contributed by atoms with Crippen molar-refractivity contribution in [3.05, 3.63) is 53.7 Å². The van der Waals surface area contributed by atoms with Gasteiger partial charge in [-0.2, -0.15) is 0 Å². The Labute approximate surface area is 91.2 Å². The Morgan fingerprint density at radius 1 is 1.19 bits per heavy atom. The molecule has 0 aliphatic rings. The lowest BCUT2D eigenvalue weighted by Crippen LogP contribution is -1.93. The van der Waals surface area contributed by atoms with E-state index in [0.717, 1.165) is 0 Å². The highest BCUT2D eigenvalue weighted by atomic mass is 19.1. The Kier molecular flexibility index (Phi) is 2.92. The summed E-state index contributed by atoms with van der Waals surface area (Å²) in [6.07, 6.45) is 1.36. The van der Waals surface area contributed by atoms with Crippen LogP contribution in [0.5, 0.6) is 0 Å². The minimum absolute atomic E-state index is 0.0803. The minimum atomic E-state index is -0.572. The monoisotopic (exact) mass is 221 g/mol. The number of aliphatic hydroxyl groups excluding tert-OH is 1. The van der Waals surface area contributed by atoms with E-state index in [-0.39, 0.29) is 12.3 Å². The number of aromatic nitrogens is 1. The lowest BCUT2D eigenvalue weighted by molar-refractivity contribution is 0.280. The molecule has 2 nitrogen and oxygen atoms in total. The molecule has 0 amide bonds. The third-order valence-electron chi connectivity index (χ3n) is 2.18. The summed E-state index contributed by atoms with van der Waals surface area (Å²) < 4.78 is 26.5. The lowest BCUT2D eigenvalue weighted by Gasteiger charge is -2.04. The van der Waals surface area contributed by atoms with E-state index in [1.807, 2.05) is 0 Å². The first kappa shape index (κ1) is 10.7. The van der Waals surface area contributed by atoms with Crippen LogP contribution < -0.4 is 0 Å². The van der Waals surface area contributed by atoms with E-state index < -0.39 is 11.6 Å². The molecule has 0 unspecified atom stereocenters. The molecule has 1 aromatic heterocycles. The average molecular weight is 221 g/mol. The summed E-state index contributed by atoms with van der Waals surface area (Å²) in [4.78, 5) is 3.86. The van der Waals surface area contributed by atoms with E-state index in [4.69, 9.17) is 5.11 Å². The topological polar surface area (TPSA) is 33.1 Å². The highest BCUT2D eigenvalue weighted by Crippen LogP contribution is 2.21. The number of nitrogens with zero attached hydrogens (tertiary/aromatic N) is 1. The van der Waals surface area contributed by atoms with E-state index >= 15 is 0 Å². The number of pyridine rings is 1. The van der Waals surface area contributed by atoms with Crippen LogP contribution in [0.3, 0.4) is 0 Å². The molecule has 2 rings (SSSR count). The number of benzene rings is 1. The predicted octanol–water partition coefficient (Wildman–Crippen LogP) is 2.52. The number of rotatable bonds is 2. The smallest absolute Gasteiger partial charge is 0.149 e. The maximum Gasteiger partial charge on any atom is 0.149 e. The molecule has 0 fully saturated rings. The van der Waals surface area contributed by atoms with Crippen molar-refractivity contribution in [3.63, 3.8) is 0 Å². The Bertz CT molecular complexity index is 514. The molecule has 1 heterocycles. The molecule has 0 atom stereocenters. The Balaban J connectivity index is 2.48. The van der Waals surface area contributed by atoms with Crippen molar-refractivity contribution in [1.82, 2.24) is 4.98 Å². The maximum atomic E-state index is 13.6. The normalized spacial score (nSPS) is 10.4. The third-order valence-corrected chi connectivity index (χ3v) is 2.18. The molecule has 0 saturated heterocycles. The maximum absolute atomic E-state index is 13.6. The van der Waals surface area contributed by atoms with Crippen LogP contribution in [-0.4, -0.2) is 10.1 Å². The van der Waals surface area contributed by atoms with Gasteiger partial charge in [0.25, 0.3) is 0 Å². The predicted molar refractivity (Wildman–Crippen MR) is 55.5 cm³/mol. The Morgan fingerprint density at radius 2 is 2.00 bits per heavy atom. The van der Waals surface area contributed by atoms with Gasteiger partial charge in [0.1, 0.15) is 17.3 Å². The number of aliphatic hydroxyl groups is 1. The van der Waals surface area contributed by atoms with E-state index in [2.05, 4.69) is 4.98 Å². The first-order valence-corrected chi connectivity index (χ1v) is 4.72. The van der Waals surface area contributed by atoms with Gasteiger partial charge in [0.05, 0.1) is 6.61 Å². The molecule has 0 saturated carbocycles. The summed E-state index contributed by atoms with van der Waals surface area (Å²) in [7, 11) is 0. The Hall–Kier alpha value is -1.81. The quantitative estimate of drug-likeness (QED) is 0.845. The van der Waals surface area contributed by atoms with Crippen molar-refractivity contribution in [1.29, 1.82) is 0 Å². The van der Waals surface area contributed by atoms with E-state index in [1.54, 1.807) is 6.07 Å². The summed E-state index contributed by atoms with van der Waals surface area (Å²) in [6, 6.07) is 6.75. The zero-order chi connectivity index (χ0) is 11.5. The van der Waals surface area contributed by atoms with E-state index in [0.29, 0.717) is 11.1 Å². The van der Waals surface area contributed by atoms with E-state index in [1.165, 1.54) is 30.5 Å². The highest BCUT2D eigenvalue weighted by molar-refractivity contribution is 5.59. The molecular formula is C12H9F2NO. The fourth-order valence-corrected chi connectivity index (χ4v) is 1.41. The van der Waals surface area contributed by atoms with Crippen LogP contribution in [0.25, 0.3) is 11.3 Å². The largest absolute Gasteiger partial charge is 0.392 e. The zero-order valence-corrected chi connectivity index (χ0v) is 8.32. The van der Waals surface area contributed by atoms with Crippen LogP contribution in [0.1, 0.15) is 5.56 Å². The van der Waals surface area contributed by atoms with Crippen molar-refractivity contribution in [3.8, 4) is 11.3 Å². The van der Waals surface area contributed by atoms with Crippen LogP contribution in [0.4, 0.5) is 8.78 Å². The molecule has 4 heteroatoms. The molecule has 2 aromatic rings. The van der Waals surface area contributed by atoms with E-state index in [9.17, 15) is 8.78 Å². The van der Waals surface area contributed by atoms with Gasteiger partial charge >= 0.3 is 0 Å². The molecule has 0 bridgehead atoms. The second-order valence-corrected chi connectivity index (χ2v) is 3.34. The summed E-state index contributed by atoms with van der Waals surface area (Å²) in [6.45, 7) is -0.270. The molecule has 1 aromatic carbocycles. The van der Waals surface area contributed by atoms with Gasteiger partial charge in [0, 0.05) is 11.8 Å². The fraction of sp³-hybridized carbons (Fsp3) is 0.0833. The van der Waals surface area contributed by atoms with Crippen molar-refractivity contribution < 1.29 is 13.9 Å². The van der Waals surface area contributed by atoms with Crippen LogP contribution in [0.15, 0.2) is 36.5 Å². The summed E-state index contributed by atoms with van der Waals surface area (Å²) in [5.74, 6) is -1.01. The molecule has 82 valence electrons. The van der Waals surface area contributed by atoms with Crippen molar-refractivity contribution in [2.24, 2.45) is 0 Å². The van der Waals surface area contributed by atoms with Crippen molar-refractivity contribution >= 4 is 0 Å². The first-order chi connectivity index (χ1) is 7.70. The van der Waals surface area contributed by atoms with Gasteiger partial charge in [0.15, 0.2) is 0 Å². The summed E-state index contributed by atoms with van der Waals surface area (Å²) in [5.41, 5.74) is 0.844. The van der Waals surface area contributed by atoms with Crippen molar-refractivity contribution in [2.75, 3.05) is 0 Å². The first-order valence-electron chi connectivity index (χ1n) is 4.72. The van der Waals surface area contributed by atoms with Gasteiger partial charge in [-0.1, -0.05) is 12.1 Å². The average Bonchev–Trinajstić information content (AvgIpc) is 2.28. The molecular weight excluding hydrogens is 212 g/mol. The second-order valence-electron chi connectivity index (χ2n) is 3.34. The number of hydrogen-bond donors (Lipinski definition) is 1. The van der Waals surface area contributed by atoms with Gasteiger partial charge in [-0.3, -0.25) is 4.98 Å². The van der Waals surface area contributed by atoms with Crippen LogP contribution in [-0.2, 0) is 6.61 Å². The van der Waals surface area contributed by atoms with Crippen molar-refractivity contribution in [2.45, 2.75) is 6.61 Å². The van der Waals surface area contributed by atoms with Gasteiger partial charge in [-0.15, -0.1) is 0 Å². The van der Waals surface area contributed by atoms with Gasteiger partial charge in [-0.25, -0.2) is 8.78 Å². The second kappa shape index (κ2) is 4.37. The van der Waals surface area contributed by atoms with Crippen LogP contribution in [0, 0.1) is 11.6 Å². The molecule has 0 aliphatic heterocycles. The van der Waals surface area contributed by atoms with Gasteiger partial charge in [-0.05, 0) is 23.8 Å². The van der Waals surface area contributed by atoms with Crippen LogP contribution in [0.2, 0.25) is 0 Å². The molecule has 16 heavy (non-hydrogen) atoms. The van der Waals surface area contributed by atoms with Crippen LogP contribution >= 0.6 is 0 Å². The third kappa shape index (κ3) is 2.06. The number of hydrogen-bond acceptors (Lipinski definition) is 2. The zero-order valence-electron chi connectivity index (χ0n) is 8.32. The van der Waals surface area contributed by atoms with Gasteiger partial charge < -0.3 is 5.11 Å². The molecule has 0 aliphatic carbocycles. The summed E-state index contributed by atoms with van der Waals surface area (Å²) in [5, 5.41) is 8.80. The van der Waals surface area contributed by atoms with Gasteiger partial charge in [0.2, 0.25) is 0 Å². The molecule has 0 radical (unpaired) electrons. The summed E-state index contributed by atoms with van der Waals surface area (Å²) >= 11 is 0. The minimum Gasteiger partial charge on any atom is -0.392 e.